The van der Waals surface area contributed by atoms with Crippen molar-refractivity contribution < 1.29 is 0 Å². The number of aromatic nitrogens is 2. The number of rotatable bonds is 7. The zero-order valence-electron chi connectivity index (χ0n) is 12.1. The summed E-state index contributed by atoms with van der Waals surface area (Å²) in [7, 11) is 0. The molecule has 0 aromatic carbocycles. The third-order valence-electron chi connectivity index (χ3n) is 3.40. The fraction of sp³-hybridized carbons (Fsp3) is 0.714. The quantitative estimate of drug-likeness (QED) is 0.808. The van der Waals surface area contributed by atoms with Gasteiger partial charge < -0.3 is 10.6 Å². The Kier molecular flexibility index (Phi) is 6.05. The molecule has 2 N–H and O–H groups in total. The van der Waals surface area contributed by atoms with E-state index in [-0.39, 0.29) is 0 Å². The van der Waals surface area contributed by atoms with E-state index in [4.69, 9.17) is 5.73 Å². The van der Waals surface area contributed by atoms with Crippen LogP contribution in [0.1, 0.15) is 45.0 Å². The van der Waals surface area contributed by atoms with Crippen molar-refractivity contribution in [1.82, 2.24) is 9.97 Å². The Labute approximate surface area is 111 Å². The number of anilines is 1. The van der Waals surface area contributed by atoms with E-state index < -0.39 is 0 Å². The van der Waals surface area contributed by atoms with Gasteiger partial charge in [0.2, 0.25) is 5.95 Å². The second-order valence-electron chi connectivity index (χ2n) is 4.73. The number of nitrogens with two attached hydrogens (primary N) is 1. The first kappa shape index (κ1) is 14.9. The Hall–Kier alpha value is -1.16. The Morgan fingerprint density at radius 2 is 1.89 bits per heavy atom. The normalized spacial score (nSPS) is 11.0. The molecule has 0 aliphatic heterocycles. The van der Waals surface area contributed by atoms with E-state index in [0.717, 1.165) is 30.4 Å². The van der Waals surface area contributed by atoms with Crippen LogP contribution < -0.4 is 10.6 Å². The number of hydrogen-bond donors (Lipinski definition) is 1. The van der Waals surface area contributed by atoms with Gasteiger partial charge in [0.25, 0.3) is 0 Å². The molecule has 0 spiro atoms. The van der Waals surface area contributed by atoms with Crippen LogP contribution in [0, 0.1) is 12.8 Å². The van der Waals surface area contributed by atoms with Gasteiger partial charge in [-0.05, 0) is 25.8 Å². The molecule has 0 atom stereocenters. The monoisotopic (exact) mass is 250 g/mol. The lowest BCUT2D eigenvalue weighted by Gasteiger charge is -2.25. The van der Waals surface area contributed by atoms with Crippen LogP contribution in [0.15, 0.2) is 6.07 Å². The molecular formula is C14H26N4. The summed E-state index contributed by atoms with van der Waals surface area (Å²) in [5.74, 6) is 1.53. The van der Waals surface area contributed by atoms with Crippen LogP contribution in [-0.4, -0.2) is 23.1 Å². The average molecular weight is 250 g/mol. The first-order valence-electron chi connectivity index (χ1n) is 6.94. The van der Waals surface area contributed by atoms with Crippen molar-refractivity contribution in [1.29, 1.82) is 0 Å². The molecule has 1 heterocycles. The van der Waals surface area contributed by atoms with Crippen molar-refractivity contribution in [3.05, 3.63) is 17.5 Å². The Balaban J connectivity index is 2.90. The minimum atomic E-state index is 0.471. The van der Waals surface area contributed by atoms with E-state index in [1.165, 1.54) is 12.8 Å². The fourth-order valence-electron chi connectivity index (χ4n) is 2.07. The number of hydrogen-bond acceptors (Lipinski definition) is 4. The van der Waals surface area contributed by atoms with Gasteiger partial charge in [-0.2, -0.15) is 0 Å². The summed E-state index contributed by atoms with van der Waals surface area (Å²) in [6.07, 6.45) is 2.39. The second kappa shape index (κ2) is 7.31. The summed E-state index contributed by atoms with van der Waals surface area (Å²) in [5.41, 5.74) is 7.58. The van der Waals surface area contributed by atoms with Crippen LogP contribution in [0.5, 0.6) is 0 Å². The minimum Gasteiger partial charge on any atom is -0.341 e. The molecule has 0 amide bonds. The standard InChI is InChI=1S/C14H26N4/c1-5-12(6-2)10-18(7-3)14-16-11(4)8-13(9-15)17-14/h8,12H,5-7,9-10,15H2,1-4H3. The van der Waals surface area contributed by atoms with Gasteiger partial charge in [-0.25, -0.2) is 9.97 Å². The maximum Gasteiger partial charge on any atom is 0.225 e. The molecule has 0 unspecified atom stereocenters. The molecule has 0 fully saturated rings. The fourth-order valence-corrected chi connectivity index (χ4v) is 2.07. The van der Waals surface area contributed by atoms with Gasteiger partial charge in [0.1, 0.15) is 0 Å². The smallest absolute Gasteiger partial charge is 0.225 e. The molecule has 1 aromatic rings. The van der Waals surface area contributed by atoms with E-state index in [2.05, 4.69) is 35.6 Å². The molecule has 0 bridgehead atoms. The number of aryl methyl sites for hydroxylation is 1. The average Bonchev–Trinajstić information content (AvgIpc) is 2.39. The molecule has 0 saturated heterocycles. The Morgan fingerprint density at radius 3 is 2.39 bits per heavy atom. The third-order valence-corrected chi connectivity index (χ3v) is 3.40. The molecule has 0 saturated carbocycles. The van der Waals surface area contributed by atoms with E-state index in [0.29, 0.717) is 12.5 Å². The lowest BCUT2D eigenvalue weighted by molar-refractivity contribution is 0.482. The highest BCUT2D eigenvalue weighted by Gasteiger charge is 2.13. The van der Waals surface area contributed by atoms with Gasteiger partial charge >= 0.3 is 0 Å². The maximum absolute atomic E-state index is 5.67. The van der Waals surface area contributed by atoms with Crippen molar-refractivity contribution in [2.24, 2.45) is 11.7 Å². The van der Waals surface area contributed by atoms with Crippen LogP contribution in [0.3, 0.4) is 0 Å². The van der Waals surface area contributed by atoms with Crippen molar-refractivity contribution >= 4 is 5.95 Å². The first-order chi connectivity index (χ1) is 8.64. The summed E-state index contributed by atoms with van der Waals surface area (Å²) < 4.78 is 0. The van der Waals surface area contributed by atoms with Crippen molar-refractivity contribution in [2.75, 3.05) is 18.0 Å². The largest absolute Gasteiger partial charge is 0.341 e. The molecule has 1 rings (SSSR count). The van der Waals surface area contributed by atoms with Gasteiger partial charge in [0.15, 0.2) is 0 Å². The van der Waals surface area contributed by atoms with Gasteiger partial charge in [0, 0.05) is 25.3 Å². The third kappa shape index (κ3) is 3.95. The zero-order chi connectivity index (χ0) is 13.5. The van der Waals surface area contributed by atoms with Gasteiger partial charge in [-0.3, -0.25) is 0 Å². The number of nitrogens with zero attached hydrogens (tertiary/aromatic N) is 3. The predicted octanol–water partition coefficient (Wildman–Crippen LogP) is 2.51. The van der Waals surface area contributed by atoms with Crippen molar-refractivity contribution in [3.63, 3.8) is 0 Å². The molecule has 0 aliphatic carbocycles. The summed E-state index contributed by atoms with van der Waals surface area (Å²) in [6, 6.07) is 1.95. The molecule has 1 aromatic heterocycles. The van der Waals surface area contributed by atoms with Crippen LogP contribution >= 0.6 is 0 Å². The molecular weight excluding hydrogens is 224 g/mol. The van der Waals surface area contributed by atoms with Crippen molar-refractivity contribution in [2.45, 2.75) is 47.1 Å². The van der Waals surface area contributed by atoms with Crippen LogP contribution in [-0.2, 0) is 6.54 Å². The summed E-state index contributed by atoms with van der Waals surface area (Å²) >= 11 is 0. The van der Waals surface area contributed by atoms with Gasteiger partial charge in [-0.15, -0.1) is 0 Å². The summed E-state index contributed by atoms with van der Waals surface area (Å²) in [5, 5.41) is 0. The molecule has 4 heteroatoms. The second-order valence-corrected chi connectivity index (χ2v) is 4.73. The Morgan fingerprint density at radius 1 is 1.22 bits per heavy atom. The van der Waals surface area contributed by atoms with E-state index in [1.807, 2.05) is 13.0 Å². The molecule has 102 valence electrons. The molecule has 0 aliphatic rings. The topological polar surface area (TPSA) is 55.0 Å². The van der Waals surface area contributed by atoms with Gasteiger partial charge in [-0.1, -0.05) is 26.7 Å². The lowest BCUT2D eigenvalue weighted by atomic mass is 10.0. The lowest BCUT2D eigenvalue weighted by Crippen LogP contribution is -2.31. The van der Waals surface area contributed by atoms with Crippen LogP contribution in [0.4, 0.5) is 5.95 Å². The highest BCUT2D eigenvalue weighted by Crippen LogP contribution is 2.15. The van der Waals surface area contributed by atoms with E-state index >= 15 is 0 Å². The Bertz CT molecular complexity index is 361. The van der Waals surface area contributed by atoms with Gasteiger partial charge in [0.05, 0.1) is 5.69 Å². The molecule has 18 heavy (non-hydrogen) atoms. The highest BCUT2D eigenvalue weighted by atomic mass is 15.2. The summed E-state index contributed by atoms with van der Waals surface area (Å²) in [6.45, 7) is 11.1. The van der Waals surface area contributed by atoms with E-state index in [1.54, 1.807) is 0 Å². The van der Waals surface area contributed by atoms with Crippen molar-refractivity contribution in [3.8, 4) is 0 Å². The van der Waals surface area contributed by atoms with E-state index in [9.17, 15) is 0 Å². The maximum atomic E-state index is 5.67. The SMILES string of the molecule is CCC(CC)CN(CC)c1nc(C)cc(CN)n1. The molecule has 4 nitrogen and oxygen atoms in total. The van der Waals surface area contributed by atoms with Crippen LogP contribution in [0.25, 0.3) is 0 Å². The summed E-state index contributed by atoms with van der Waals surface area (Å²) in [4.78, 5) is 11.3. The zero-order valence-corrected chi connectivity index (χ0v) is 12.1. The predicted molar refractivity (Wildman–Crippen MR) is 76.6 cm³/mol. The first-order valence-corrected chi connectivity index (χ1v) is 6.94. The minimum absolute atomic E-state index is 0.471. The van der Waals surface area contributed by atoms with Crippen LogP contribution in [0.2, 0.25) is 0 Å². The highest BCUT2D eigenvalue weighted by molar-refractivity contribution is 5.32. The molecule has 0 radical (unpaired) electrons.